The number of hydrogen-bond acceptors (Lipinski definition) is 3. The third-order valence-electron chi connectivity index (χ3n) is 3.26. The highest BCUT2D eigenvalue weighted by atomic mass is 79.9. The minimum Gasteiger partial charge on any atom is -0.364 e. The molecular weight excluding hydrogens is 372 g/mol. The van der Waals surface area contributed by atoms with E-state index in [9.17, 15) is 9.59 Å². The minimum absolute atomic E-state index is 0.103. The predicted molar refractivity (Wildman–Crippen MR) is 96.5 cm³/mol. The maximum atomic E-state index is 11.9. The lowest BCUT2D eigenvalue weighted by atomic mass is 10.2. The summed E-state index contributed by atoms with van der Waals surface area (Å²) in [5, 5.41) is 5.27. The Balaban J connectivity index is 1.71. The van der Waals surface area contributed by atoms with Gasteiger partial charge in [-0.3, -0.25) is 9.59 Å². The van der Waals surface area contributed by atoms with Gasteiger partial charge in [0.1, 0.15) is 6.10 Å². The molecule has 0 fully saturated rings. The van der Waals surface area contributed by atoms with Crippen molar-refractivity contribution < 1.29 is 14.3 Å². The maximum absolute atomic E-state index is 11.9. The zero-order valence-electron chi connectivity index (χ0n) is 13.3. The number of anilines is 1. The number of carbonyl (C=O) groups is 2. The first-order valence-corrected chi connectivity index (χ1v) is 8.32. The van der Waals surface area contributed by atoms with Crippen molar-refractivity contribution >= 4 is 33.4 Å². The Morgan fingerprint density at radius 2 is 1.75 bits per heavy atom. The van der Waals surface area contributed by atoms with Crippen molar-refractivity contribution in [1.29, 1.82) is 0 Å². The summed E-state index contributed by atoms with van der Waals surface area (Å²) < 4.78 is 6.43. The highest BCUT2D eigenvalue weighted by molar-refractivity contribution is 9.10. The van der Waals surface area contributed by atoms with Gasteiger partial charge in [-0.05, 0) is 36.8 Å². The van der Waals surface area contributed by atoms with Crippen LogP contribution in [0.25, 0.3) is 0 Å². The molecule has 0 aliphatic carbocycles. The third-order valence-corrected chi connectivity index (χ3v) is 3.79. The molecule has 2 N–H and O–H groups in total. The van der Waals surface area contributed by atoms with Crippen molar-refractivity contribution in [3.8, 4) is 0 Å². The van der Waals surface area contributed by atoms with Gasteiger partial charge < -0.3 is 15.4 Å². The fourth-order valence-electron chi connectivity index (χ4n) is 1.92. The summed E-state index contributed by atoms with van der Waals surface area (Å²) in [7, 11) is 0. The monoisotopic (exact) mass is 390 g/mol. The molecule has 1 atom stereocenters. The zero-order valence-corrected chi connectivity index (χ0v) is 14.9. The lowest BCUT2D eigenvalue weighted by Crippen LogP contribution is -2.39. The molecule has 0 aromatic heterocycles. The fourth-order valence-corrected chi connectivity index (χ4v) is 2.19. The van der Waals surface area contributed by atoms with Crippen LogP contribution in [0.4, 0.5) is 5.69 Å². The van der Waals surface area contributed by atoms with Crippen molar-refractivity contribution in [2.75, 3.05) is 11.9 Å². The quantitative estimate of drug-likeness (QED) is 0.762. The Kier molecular flexibility index (Phi) is 6.96. The van der Waals surface area contributed by atoms with Crippen LogP contribution in [0.5, 0.6) is 0 Å². The van der Waals surface area contributed by atoms with Gasteiger partial charge in [0.2, 0.25) is 11.8 Å². The summed E-state index contributed by atoms with van der Waals surface area (Å²) >= 11 is 3.33. The van der Waals surface area contributed by atoms with E-state index < -0.39 is 6.10 Å². The molecule has 0 saturated heterocycles. The van der Waals surface area contributed by atoms with Gasteiger partial charge in [0.25, 0.3) is 0 Å². The number of ether oxygens (including phenoxy) is 1. The van der Waals surface area contributed by atoms with E-state index in [1.807, 2.05) is 42.5 Å². The second kappa shape index (κ2) is 9.20. The second-order valence-electron chi connectivity index (χ2n) is 5.21. The fraction of sp³-hybridized carbons (Fsp3) is 0.222. The van der Waals surface area contributed by atoms with Gasteiger partial charge in [-0.25, -0.2) is 0 Å². The topological polar surface area (TPSA) is 67.4 Å². The standard InChI is InChI=1S/C18H19BrN2O3/c1-13(24-12-14-5-3-2-4-6-14)18(23)20-11-17(22)21-16-9-7-15(19)8-10-16/h2-10,13H,11-12H2,1H3,(H,20,23)(H,21,22). The average molecular weight is 391 g/mol. The highest BCUT2D eigenvalue weighted by Crippen LogP contribution is 2.13. The Morgan fingerprint density at radius 1 is 1.08 bits per heavy atom. The summed E-state index contributed by atoms with van der Waals surface area (Å²) in [6, 6.07) is 16.8. The lowest BCUT2D eigenvalue weighted by Gasteiger charge is -2.13. The molecule has 24 heavy (non-hydrogen) atoms. The summed E-state index contributed by atoms with van der Waals surface area (Å²) in [5.74, 6) is -0.613. The Bertz CT molecular complexity index is 674. The van der Waals surface area contributed by atoms with Crippen LogP contribution in [0.2, 0.25) is 0 Å². The molecule has 0 saturated carbocycles. The molecule has 2 aromatic carbocycles. The van der Waals surface area contributed by atoms with Crippen LogP contribution in [0.15, 0.2) is 59.1 Å². The number of rotatable bonds is 7. The number of amides is 2. The molecule has 2 rings (SSSR count). The number of carbonyl (C=O) groups excluding carboxylic acids is 2. The molecule has 0 aliphatic rings. The molecule has 0 radical (unpaired) electrons. The molecule has 5 nitrogen and oxygen atoms in total. The number of nitrogens with one attached hydrogen (secondary N) is 2. The van der Waals surface area contributed by atoms with Crippen LogP contribution in [0.1, 0.15) is 12.5 Å². The molecule has 0 aliphatic heterocycles. The second-order valence-corrected chi connectivity index (χ2v) is 6.13. The van der Waals surface area contributed by atoms with Crippen LogP contribution in [-0.4, -0.2) is 24.5 Å². The smallest absolute Gasteiger partial charge is 0.249 e. The summed E-state index contributed by atoms with van der Waals surface area (Å²) in [4.78, 5) is 23.8. The van der Waals surface area contributed by atoms with Gasteiger partial charge in [-0.1, -0.05) is 46.3 Å². The maximum Gasteiger partial charge on any atom is 0.249 e. The first-order chi connectivity index (χ1) is 11.5. The summed E-state index contributed by atoms with van der Waals surface area (Å²) in [5.41, 5.74) is 1.66. The van der Waals surface area contributed by atoms with Crippen molar-refractivity contribution in [1.82, 2.24) is 5.32 Å². The SMILES string of the molecule is CC(OCc1ccccc1)C(=O)NCC(=O)Nc1ccc(Br)cc1. The van der Waals surface area contributed by atoms with Crippen LogP contribution >= 0.6 is 15.9 Å². The van der Waals surface area contributed by atoms with Gasteiger partial charge >= 0.3 is 0 Å². The molecule has 2 amide bonds. The predicted octanol–water partition coefficient (Wildman–Crippen LogP) is 3.11. The van der Waals surface area contributed by atoms with E-state index in [2.05, 4.69) is 26.6 Å². The van der Waals surface area contributed by atoms with Crippen LogP contribution in [-0.2, 0) is 20.9 Å². The van der Waals surface area contributed by atoms with Crippen molar-refractivity contribution in [3.63, 3.8) is 0 Å². The number of benzene rings is 2. The Labute approximate surface area is 149 Å². The van der Waals surface area contributed by atoms with Gasteiger partial charge in [0.15, 0.2) is 0 Å². The normalized spacial score (nSPS) is 11.6. The first-order valence-electron chi connectivity index (χ1n) is 7.53. The van der Waals surface area contributed by atoms with Gasteiger partial charge in [-0.2, -0.15) is 0 Å². The highest BCUT2D eigenvalue weighted by Gasteiger charge is 2.14. The number of halogens is 1. The summed E-state index contributed by atoms with van der Waals surface area (Å²) in [6.07, 6.45) is -0.634. The van der Waals surface area contributed by atoms with Crippen LogP contribution in [0, 0.1) is 0 Å². The molecule has 2 aromatic rings. The molecule has 0 bridgehead atoms. The Morgan fingerprint density at radius 3 is 2.42 bits per heavy atom. The molecule has 126 valence electrons. The molecule has 1 unspecified atom stereocenters. The Hall–Kier alpha value is -2.18. The van der Waals surface area contributed by atoms with Crippen molar-refractivity contribution in [3.05, 3.63) is 64.6 Å². The van der Waals surface area contributed by atoms with E-state index in [0.29, 0.717) is 12.3 Å². The van der Waals surface area contributed by atoms with Gasteiger partial charge in [-0.15, -0.1) is 0 Å². The largest absolute Gasteiger partial charge is 0.364 e. The van der Waals surface area contributed by atoms with Crippen LogP contribution in [0.3, 0.4) is 0 Å². The molecule has 0 spiro atoms. The van der Waals surface area contributed by atoms with E-state index >= 15 is 0 Å². The van der Waals surface area contributed by atoms with E-state index in [0.717, 1.165) is 10.0 Å². The van der Waals surface area contributed by atoms with E-state index in [1.54, 1.807) is 19.1 Å². The third kappa shape index (κ3) is 6.14. The van der Waals surface area contributed by atoms with E-state index in [4.69, 9.17) is 4.74 Å². The first kappa shape index (κ1) is 18.2. The minimum atomic E-state index is -0.634. The molecule has 6 heteroatoms. The summed E-state index contributed by atoms with van der Waals surface area (Å²) in [6.45, 7) is 1.90. The van der Waals surface area contributed by atoms with E-state index in [1.165, 1.54) is 0 Å². The van der Waals surface area contributed by atoms with Crippen LogP contribution < -0.4 is 10.6 Å². The molecular formula is C18H19BrN2O3. The lowest BCUT2D eigenvalue weighted by molar-refractivity contribution is -0.133. The van der Waals surface area contributed by atoms with Gasteiger partial charge in [0, 0.05) is 10.2 Å². The van der Waals surface area contributed by atoms with Crippen molar-refractivity contribution in [2.45, 2.75) is 19.6 Å². The van der Waals surface area contributed by atoms with E-state index in [-0.39, 0.29) is 18.4 Å². The van der Waals surface area contributed by atoms with Gasteiger partial charge in [0.05, 0.1) is 13.2 Å². The molecule has 0 heterocycles. The average Bonchev–Trinajstić information content (AvgIpc) is 2.60. The zero-order chi connectivity index (χ0) is 17.4. The number of hydrogen-bond donors (Lipinski definition) is 2. The van der Waals surface area contributed by atoms with Crippen molar-refractivity contribution in [2.24, 2.45) is 0 Å².